The molecule has 1 rings (SSSR count). The Balaban J connectivity index is 2.83. The van der Waals surface area contributed by atoms with Crippen LogP contribution < -0.4 is 58.2 Å². The molecule has 392 valence electrons. The highest BCUT2D eigenvalue weighted by molar-refractivity contribution is 7.80. The lowest BCUT2D eigenvalue weighted by Gasteiger charge is -2.57. The number of hydroxylamine groups is 2. The lowest BCUT2D eigenvalue weighted by molar-refractivity contribution is -0.956. The van der Waals surface area contributed by atoms with Gasteiger partial charge in [-0.1, -0.05) is 0 Å². The van der Waals surface area contributed by atoms with E-state index in [2.05, 4.69) is 65.8 Å². The maximum absolute atomic E-state index is 13.3. The van der Waals surface area contributed by atoms with E-state index in [4.69, 9.17) is 0 Å². The predicted octanol–water partition coefficient (Wildman–Crippen LogP) is -2.92. The summed E-state index contributed by atoms with van der Waals surface area (Å²) in [6, 6.07) is -6.00. The van der Waals surface area contributed by atoms with Crippen molar-refractivity contribution in [2.45, 2.75) is 206 Å². The molecule has 1 aliphatic heterocycles. The van der Waals surface area contributed by atoms with E-state index >= 15 is 0 Å². The van der Waals surface area contributed by atoms with E-state index in [1.165, 1.54) is 90.0 Å². The van der Waals surface area contributed by atoms with Crippen molar-refractivity contribution in [3.63, 3.8) is 0 Å². The zero-order chi connectivity index (χ0) is 54.2. The van der Waals surface area contributed by atoms with Crippen LogP contribution in [0, 0.1) is 5.21 Å². The molecule has 0 aromatic carbocycles. The predicted molar refractivity (Wildman–Crippen MR) is 256 cm³/mol. The number of carboxylic acids is 1. The molecule has 0 aliphatic carbocycles. The van der Waals surface area contributed by atoms with Gasteiger partial charge in [0.15, 0.2) is 0 Å². The largest absolute Gasteiger partial charge is 0.634 e. The van der Waals surface area contributed by atoms with Crippen LogP contribution in [0.2, 0.25) is 0 Å². The van der Waals surface area contributed by atoms with Crippen molar-refractivity contribution in [2.24, 2.45) is 0 Å². The summed E-state index contributed by atoms with van der Waals surface area (Å²) in [6.07, 6.45) is -0.265. The summed E-state index contributed by atoms with van der Waals surface area (Å²) < 4.78 is 0. The third-order valence-electron chi connectivity index (χ3n) is 11.6. The number of amides is 10. The Morgan fingerprint density at radius 1 is 0.507 bits per heavy atom. The van der Waals surface area contributed by atoms with E-state index < -0.39 is 134 Å². The Morgan fingerprint density at radius 2 is 0.754 bits per heavy atom. The number of quaternary nitrogens is 1. The molecule has 1 saturated heterocycles. The van der Waals surface area contributed by atoms with E-state index in [9.17, 15) is 63.1 Å². The van der Waals surface area contributed by atoms with Gasteiger partial charge < -0.3 is 68.5 Å². The minimum atomic E-state index is -1.80. The molecule has 1 heterocycles. The first-order valence-electron chi connectivity index (χ1n) is 22.5. The Hall–Kier alpha value is -5.56. The third-order valence-corrected chi connectivity index (χ3v) is 11.8. The smallest absolute Gasteiger partial charge is 0.329 e. The van der Waals surface area contributed by atoms with Gasteiger partial charge in [0.05, 0.1) is 11.1 Å². The summed E-state index contributed by atoms with van der Waals surface area (Å²) in [7, 11) is 0. The van der Waals surface area contributed by atoms with Crippen LogP contribution in [0.15, 0.2) is 0 Å². The SMILES string of the molecule is C[C@H](NC(=O)C(C)(C)NC(=O)[C@H](C)NC(=O)C(C)(C)NC(=O)[C@H](C)NC(=O)C(C)(C)NC(=O)[C@@H](C)NC(=O)CCS)C(=O)NC(C)(C)C(=O)N[C@@H](C)C(=O)NC1(C(=O)O)CC(C)(C)[NH+]([O-])C(C)(C)C1. The van der Waals surface area contributed by atoms with Crippen molar-refractivity contribution in [3.05, 3.63) is 5.21 Å². The Morgan fingerprint density at radius 3 is 1.00 bits per heavy atom. The number of rotatable bonds is 22. The minimum absolute atomic E-state index is 0.0883. The second-order valence-electron chi connectivity index (χ2n) is 21.3. The second kappa shape index (κ2) is 22.9. The standard InChI is InChI=1S/C44H77N11O13S/c1-22(45-27(56)18-19-69)28(57)50-40(10,11)33(62)46-23(2)29(58)51-41(12,13)34(63)47-24(3)30(59)52-42(14,15)35(64)48-25(4)31(60)53-43(16,17)36(65)49-26(5)32(61)54-44(37(66)67)20-38(6,7)55(68)39(8,9)21-44/h22-26,55,69H,18-21H2,1-17H3,(H,45,56)(H,46,62)(H,47,63)(H,48,64)(H,49,65)(H,50,57)(H,51,58)(H,52,59)(H,53,60)(H,54,61)(H,66,67)/t22-,23+,24+,25+,26+/m1/s1. The summed E-state index contributed by atoms with van der Waals surface area (Å²) >= 11 is 3.98. The van der Waals surface area contributed by atoms with E-state index in [0.29, 0.717) is 0 Å². The van der Waals surface area contributed by atoms with Crippen molar-refractivity contribution in [1.82, 2.24) is 53.2 Å². The van der Waals surface area contributed by atoms with Gasteiger partial charge in [-0.25, -0.2) is 4.79 Å². The Bertz CT molecular complexity index is 2000. The molecule has 10 amide bonds. The van der Waals surface area contributed by atoms with Crippen LogP contribution in [0.5, 0.6) is 0 Å². The highest BCUT2D eigenvalue weighted by Gasteiger charge is 2.58. The fourth-order valence-electron chi connectivity index (χ4n) is 7.43. The molecule has 0 aromatic rings. The fourth-order valence-corrected chi connectivity index (χ4v) is 7.63. The molecule has 0 spiro atoms. The number of hydrogen-bond donors (Lipinski definition) is 13. The molecule has 1 aliphatic rings. The van der Waals surface area contributed by atoms with Crippen molar-refractivity contribution < 1.29 is 62.9 Å². The second-order valence-corrected chi connectivity index (χ2v) is 21.8. The number of piperidine rings is 1. The van der Waals surface area contributed by atoms with E-state index in [-0.39, 0.29) is 30.1 Å². The average Bonchev–Trinajstić information content (AvgIpc) is 3.18. The molecule has 69 heavy (non-hydrogen) atoms. The quantitative estimate of drug-likeness (QED) is 0.0383. The van der Waals surface area contributed by atoms with Gasteiger partial charge in [0.1, 0.15) is 57.9 Å². The van der Waals surface area contributed by atoms with Crippen LogP contribution in [0.1, 0.15) is 137 Å². The zero-order valence-corrected chi connectivity index (χ0v) is 43.9. The Labute approximate surface area is 409 Å². The van der Waals surface area contributed by atoms with Crippen molar-refractivity contribution in [1.29, 1.82) is 0 Å². The highest BCUT2D eigenvalue weighted by atomic mass is 32.1. The molecule has 0 bridgehead atoms. The van der Waals surface area contributed by atoms with Crippen molar-refractivity contribution >= 4 is 77.7 Å². The fraction of sp³-hybridized carbons (Fsp3) is 0.750. The molecule has 12 N–H and O–H groups in total. The van der Waals surface area contributed by atoms with Crippen LogP contribution >= 0.6 is 12.6 Å². The van der Waals surface area contributed by atoms with Crippen LogP contribution in [-0.4, -0.2) is 145 Å². The molecule has 0 unspecified atom stereocenters. The monoisotopic (exact) mass is 1000 g/mol. The van der Waals surface area contributed by atoms with Gasteiger partial charge in [-0.2, -0.15) is 12.6 Å². The summed E-state index contributed by atoms with van der Waals surface area (Å²) in [5.41, 5.74) is -10.5. The van der Waals surface area contributed by atoms with Gasteiger partial charge in [-0.05, 0) is 123 Å². The lowest BCUT2D eigenvalue weighted by Crippen LogP contribution is -3.24. The normalized spacial score (nSPS) is 20.1. The summed E-state index contributed by atoms with van der Waals surface area (Å²) in [6.45, 7) is 24.0. The number of nitrogens with one attached hydrogen (secondary N) is 11. The van der Waals surface area contributed by atoms with E-state index in [1.54, 1.807) is 27.7 Å². The summed E-state index contributed by atoms with van der Waals surface area (Å²) in [5.74, 6) is -8.58. The first-order chi connectivity index (χ1) is 31.0. The molecule has 0 radical (unpaired) electrons. The number of thiol groups is 1. The summed E-state index contributed by atoms with van der Waals surface area (Å²) in [5, 5.41) is 48.0. The molecule has 5 atom stereocenters. The number of aliphatic carboxylic acids is 1. The van der Waals surface area contributed by atoms with E-state index in [1.807, 2.05) is 0 Å². The van der Waals surface area contributed by atoms with E-state index in [0.717, 1.165) is 0 Å². The van der Waals surface area contributed by atoms with Crippen molar-refractivity contribution in [2.75, 3.05) is 5.75 Å². The molecular weight excluding hydrogens is 923 g/mol. The van der Waals surface area contributed by atoms with Crippen LogP contribution in [0.4, 0.5) is 0 Å². The first kappa shape index (κ1) is 61.5. The highest BCUT2D eigenvalue weighted by Crippen LogP contribution is 2.33. The number of carbonyl (C=O) groups excluding carboxylic acids is 10. The van der Waals surface area contributed by atoms with Gasteiger partial charge in [-0.15, -0.1) is 0 Å². The molecule has 25 heteroatoms. The van der Waals surface area contributed by atoms with Crippen LogP contribution in [-0.2, 0) is 52.7 Å². The third kappa shape index (κ3) is 16.8. The molecular formula is C44H77N11O13S. The maximum atomic E-state index is 13.3. The number of hydrogen-bond acceptors (Lipinski definition) is 13. The first-order valence-corrected chi connectivity index (χ1v) is 23.2. The average molecular weight is 1000 g/mol. The number of carbonyl (C=O) groups is 11. The maximum Gasteiger partial charge on any atom is 0.329 e. The van der Waals surface area contributed by atoms with Gasteiger partial charge in [0.25, 0.3) is 0 Å². The van der Waals surface area contributed by atoms with Gasteiger partial charge in [0.2, 0.25) is 59.1 Å². The molecule has 1 fully saturated rings. The molecule has 0 saturated carbocycles. The minimum Gasteiger partial charge on any atom is -0.634 e. The van der Waals surface area contributed by atoms with Crippen LogP contribution in [0.3, 0.4) is 0 Å². The zero-order valence-electron chi connectivity index (χ0n) is 43.0. The van der Waals surface area contributed by atoms with Crippen molar-refractivity contribution in [3.8, 4) is 0 Å². The lowest BCUT2D eigenvalue weighted by atomic mass is 9.70. The van der Waals surface area contributed by atoms with Gasteiger partial charge in [-0.3, -0.25) is 47.9 Å². The summed E-state index contributed by atoms with van der Waals surface area (Å²) in [4.78, 5) is 143. The number of carboxylic acid groups (broad SMARTS) is 1. The molecule has 24 nitrogen and oxygen atoms in total. The van der Waals surface area contributed by atoms with Crippen LogP contribution in [0.25, 0.3) is 0 Å². The van der Waals surface area contributed by atoms with Gasteiger partial charge in [0, 0.05) is 19.3 Å². The topological polar surface area (TPSA) is 356 Å². The molecule has 0 aromatic heterocycles. The Kier molecular flexibility index (Phi) is 20.4. The van der Waals surface area contributed by atoms with Gasteiger partial charge >= 0.3 is 5.97 Å².